The Morgan fingerprint density at radius 2 is 1.65 bits per heavy atom. The maximum Gasteiger partial charge on any atom is 0.137 e. The van der Waals surface area contributed by atoms with Gasteiger partial charge in [-0.25, -0.2) is 0 Å². The molecule has 3 nitrogen and oxygen atoms in total. The molecular formula is C20H30O3. The van der Waals surface area contributed by atoms with Gasteiger partial charge in [0.05, 0.1) is 6.10 Å². The van der Waals surface area contributed by atoms with Crippen LogP contribution in [0.25, 0.3) is 0 Å². The van der Waals surface area contributed by atoms with Crippen molar-refractivity contribution < 1.29 is 14.7 Å². The molecule has 0 heterocycles. The Hall–Kier alpha value is -0.700. The number of Topliss-reactive ketones (excluding diaryl/α,β-unsaturated/α-hetero) is 2. The van der Waals surface area contributed by atoms with Crippen LogP contribution in [0.1, 0.15) is 65.7 Å². The van der Waals surface area contributed by atoms with Crippen molar-refractivity contribution in [2.75, 3.05) is 0 Å². The fourth-order valence-electron chi connectivity index (χ4n) is 7.18. The summed E-state index contributed by atoms with van der Waals surface area (Å²) in [7, 11) is 0. The van der Waals surface area contributed by atoms with Gasteiger partial charge < -0.3 is 5.11 Å². The van der Waals surface area contributed by atoms with Gasteiger partial charge in [0.1, 0.15) is 11.6 Å². The Morgan fingerprint density at radius 1 is 0.957 bits per heavy atom. The fraction of sp³-hybridized carbons (Fsp3) is 0.900. The molecule has 4 saturated carbocycles. The number of fused-ring (bicyclic) bond motifs is 5. The second-order valence-corrected chi connectivity index (χ2v) is 9.52. The predicted octanol–water partition coefficient (Wildman–Crippen LogP) is 3.38. The van der Waals surface area contributed by atoms with E-state index in [0.29, 0.717) is 36.4 Å². The van der Waals surface area contributed by atoms with E-state index in [-0.39, 0.29) is 34.6 Å². The van der Waals surface area contributed by atoms with Crippen LogP contribution in [0.5, 0.6) is 0 Å². The molecule has 8 atom stereocenters. The minimum Gasteiger partial charge on any atom is -0.393 e. The van der Waals surface area contributed by atoms with Gasteiger partial charge in [-0.05, 0) is 60.7 Å². The summed E-state index contributed by atoms with van der Waals surface area (Å²) in [5, 5.41) is 10.5. The number of ketones is 2. The lowest BCUT2D eigenvalue weighted by atomic mass is 9.44. The zero-order valence-electron chi connectivity index (χ0n) is 14.7. The molecule has 0 radical (unpaired) electrons. The normalized spacial score (nSPS) is 56.0. The molecule has 0 aromatic heterocycles. The maximum atomic E-state index is 12.9. The predicted molar refractivity (Wildman–Crippen MR) is 87.7 cm³/mol. The highest BCUT2D eigenvalue weighted by atomic mass is 16.3. The van der Waals surface area contributed by atoms with Gasteiger partial charge in [-0.1, -0.05) is 20.8 Å². The molecule has 0 aliphatic heterocycles. The van der Waals surface area contributed by atoms with Crippen LogP contribution in [-0.2, 0) is 9.59 Å². The highest BCUT2D eigenvalue weighted by Gasteiger charge is 2.62. The molecule has 23 heavy (non-hydrogen) atoms. The molecule has 4 fully saturated rings. The molecule has 4 rings (SSSR count). The van der Waals surface area contributed by atoms with Crippen molar-refractivity contribution in [1.29, 1.82) is 0 Å². The lowest BCUT2D eigenvalue weighted by Gasteiger charge is -2.59. The van der Waals surface area contributed by atoms with E-state index in [1.165, 1.54) is 0 Å². The minimum absolute atomic E-state index is 0.00218. The average molecular weight is 318 g/mol. The van der Waals surface area contributed by atoms with Crippen LogP contribution in [0.3, 0.4) is 0 Å². The summed E-state index contributed by atoms with van der Waals surface area (Å²) in [6.07, 6.45) is 5.99. The van der Waals surface area contributed by atoms with Gasteiger partial charge in [0.15, 0.2) is 0 Å². The monoisotopic (exact) mass is 318 g/mol. The summed E-state index contributed by atoms with van der Waals surface area (Å²) in [5.74, 6) is 2.17. The molecular weight excluding hydrogens is 288 g/mol. The quantitative estimate of drug-likeness (QED) is 0.745. The number of hydrogen-bond donors (Lipinski definition) is 1. The Labute approximate surface area is 139 Å². The van der Waals surface area contributed by atoms with E-state index in [2.05, 4.69) is 13.8 Å². The topological polar surface area (TPSA) is 54.4 Å². The van der Waals surface area contributed by atoms with Gasteiger partial charge in [-0.15, -0.1) is 0 Å². The molecule has 3 heteroatoms. The molecule has 0 saturated heterocycles. The molecule has 4 aliphatic carbocycles. The smallest absolute Gasteiger partial charge is 0.137 e. The van der Waals surface area contributed by atoms with Crippen molar-refractivity contribution in [1.82, 2.24) is 0 Å². The average Bonchev–Trinajstić information content (AvgIpc) is 2.78. The summed E-state index contributed by atoms with van der Waals surface area (Å²) >= 11 is 0. The Morgan fingerprint density at radius 3 is 2.39 bits per heavy atom. The summed E-state index contributed by atoms with van der Waals surface area (Å²) in [6, 6.07) is 0. The van der Waals surface area contributed by atoms with Crippen LogP contribution in [0, 0.1) is 40.4 Å². The van der Waals surface area contributed by atoms with Crippen molar-refractivity contribution in [3.8, 4) is 0 Å². The van der Waals surface area contributed by atoms with Gasteiger partial charge in [0.2, 0.25) is 0 Å². The number of aliphatic hydroxyl groups excluding tert-OH is 1. The first-order chi connectivity index (χ1) is 10.8. The van der Waals surface area contributed by atoms with Crippen LogP contribution in [0.15, 0.2) is 0 Å². The van der Waals surface area contributed by atoms with E-state index in [1.807, 2.05) is 6.92 Å². The third-order valence-corrected chi connectivity index (χ3v) is 8.56. The first-order valence-corrected chi connectivity index (χ1v) is 9.51. The molecule has 0 aromatic carbocycles. The molecule has 0 unspecified atom stereocenters. The summed E-state index contributed by atoms with van der Waals surface area (Å²) in [4.78, 5) is 25.1. The zero-order valence-corrected chi connectivity index (χ0v) is 14.7. The first-order valence-electron chi connectivity index (χ1n) is 9.51. The highest BCUT2D eigenvalue weighted by Crippen LogP contribution is 2.65. The summed E-state index contributed by atoms with van der Waals surface area (Å²) < 4.78 is 0. The summed E-state index contributed by atoms with van der Waals surface area (Å²) in [5.41, 5.74) is 0.0168. The number of aliphatic hydroxyl groups is 1. The second-order valence-electron chi connectivity index (χ2n) is 9.52. The van der Waals surface area contributed by atoms with E-state index in [4.69, 9.17) is 0 Å². The molecule has 4 aliphatic rings. The van der Waals surface area contributed by atoms with Crippen molar-refractivity contribution in [2.45, 2.75) is 71.8 Å². The third-order valence-electron chi connectivity index (χ3n) is 8.56. The van der Waals surface area contributed by atoms with Crippen LogP contribution < -0.4 is 0 Å². The zero-order chi connectivity index (χ0) is 16.6. The van der Waals surface area contributed by atoms with E-state index >= 15 is 0 Å². The van der Waals surface area contributed by atoms with Crippen molar-refractivity contribution in [3.05, 3.63) is 0 Å². The molecule has 1 N–H and O–H groups in total. The molecule has 0 aromatic rings. The van der Waals surface area contributed by atoms with Gasteiger partial charge in [0.25, 0.3) is 0 Å². The van der Waals surface area contributed by atoms with E-state index in [9.17, 15) is 14.7 Å². The highest BCUT2D eigenvalue weighted by molar-refractivity contribution is 5.91. The number of rotatable bonds is 0. The largest absolute Gasteiger partial charge is 0.393 e. The SMILES string of the molecule is C[C@@H]1C[C@@]2(C)[C@H](CC1=O)C(=O)C[C@@H]1[C@@H]2CC[C@]2(C)[C@@H](O)CC[C@@H]12. The number of hydrogen-bond acceptors (Lipinski definition) is 3. The molecule has 128 valence electrons. The van der Waals surface area contributed by atoms with E-state index < -0.39 is 0 Å². The van der Waals surface area contributed by atoms with Crippen LogP contribution in [0.2, 0.25) is 0 Å². The minimum atomic E-state index is -0.194. The Balaban J connectivity index is 1.70. The summed E-state index contributed by atoms with van der Waals surface area (Å²) in [6.45, 7) is 6.59. The molecule has 0 amide bonds. The van der Waals surface area contributed by atoms with Crippen molar-refractivity contribution >= 4 is 11.6 Å². The number of carbonyl (C=O) groups excluding carboxylic acids is 2. The molecule has 0 bridgehead atoms. The van der Waals surface area contributed by atoms with Crippen LogP contribution in [0.4, 0.5) is 0 Å². The van der Waals surface area contributed by atoms with Crippen LogP contribution >= 0.6 is 0 Å². The van der Waals surface area contributed by atoms with Crippen LogP contribution in [-0.4, -0.2) is 22.8 Å². The lowest BCUT2D eigenvalue weighted by Crippen LogP contribution is -2.58. The van der Waals surface area contributed by atoms with Gasteiger partial charge >= 0.3 is 0 Å². The standard InChI is InChI=1S/C20H30O3/c1-11-10-20(3)14-6-7-19(2)13(4-5-18(19)23)12(14)8-17(22)15(20)9-16(11)21/h11-15,18,23H,4-10H2,1-3H3/t11-,12+,13+,14+,15-,18+,19+,20-/m1/s1. The fourth-order valence-corrected chi connectivity index (χ4v) is 7.18. The van der Waals surface area contributed by atoms with Crippen molar-refractivity contribution in [3.63, 3.8) is 0 Å². The van der Waals surface area contributed by atoms with Crippen molar-refractivity contribution in [2.24, 2.45) is 40.4 Å². The van der Waals surface area contributed by atoms with E-state index in [0.717, 1.165) is 32.1 Å². The Kier molecular flexibility index (Phi) is 3.37. The van der Waals surface area contributed by atoms with Gasteiger partial charge in [0, 0.05) is 24.7 Å². The Bertz CT molecular complexity index is 555. The molecule has 0 spiro atoms. The van der Waals surface area contributed by atoms with E-state index in [1.54, 1.807) is 0 Å². The first kappa shape index (κ1) is 15.8. The van der Waals surface area contributed by atoms with Gasteiger partial charge in [-0.3, -0.25) is 9.59 Å². The number of carbonyl (C=O) groups is 2. The lowest BCUT2D eigenvalue weighted by molar-refractivity contribution is -0.163. The maximum absolute atomic E-state index is 12.9. The van der Waals surface area contributed by atoms with Gasteiger partial charge in [-0.2, -0.15) is 0 Å². The second kappa shape index (κ2) is 4.91. The third kappa shape index (κ3) is 1.98.